The van der Waals surface area contributed by atoms with Gasteiger partial charge in [-0.15, -0.1) is 0 Å². The van der Waals surface area contributed by atoms with Gasteiger partial charge in [0.2, 0.25) is 15.9 Å². The van der Waals surface area contributed by atoms with Crippen molar-refractivity contribution in [2.75, 3.05) is 11.4 Å². The molecule has 0 bridgehead atoms. The molecule has 0 fully saturated rings. The smallest absolute Gasteiger partial charge is 0.241 e. The van der Waals surface area contributed by atoms with E-state index in [1.165, 1.54) is 0 Å². The van der Waals surface area contributed by atoms with Crippen LogP contribution in [0.1, 0.15) is 47.2 Å². The van der Waals surface area contributed by atoms with Gasteiger partial charge in [-0.25, -0.2) is 8.42 Å². The average molecular weight is 449 g/mol. The number of benzene rings is 3. The second-order valence-electron chi connectivity index (χ2n) is 8.26. The van der Waals surface area contributed by atoms with Crippen LogP contribution in [0.2, 0.25) is 0 Å². The minimum absolute atomic E-state index is 0.0523. The van der Waals surface area contributed by atoms with Crippen LogP contribution in [-0.4, -0.2) is 20.9 Å². The molecule has 3 aromatic rings. The van der Waals surface area contributed by atoms with E-state index in [4.69, 9.17) is 0 Å². The summed E-state index contributed by atoms with van der Waals surface area (Å²) in [4.78, 5) is 14.1. The first-order valence-electron chi connectivity index (χ1n) is 10.9. The van der Waals surface area contributed by atoms with E-state index >= 15 is 0 Å². The molecule has 1 amide bonds. The molecule has 32 heavy (non-hydrogen) atoms. The molecule has 5 nitrogen and oxygen atoms in total. The van der Waals surface area contributed by atoms with Crippen LogP contribution in [0.5, 0.6) is 0 Å². The Bertz CT molecular complexity index is 1250. The summed E-state index contributed by atoms with van der Waals surface area (Å²) in [5.74, 6) is 0.0523. The van der Waals surface area contributed by atoms with Crippen LogP contribution in [-0.2, 0) is 21.2 Å². The first-order chi connectivity index (χ1) is 15.3. The summed E-state index contributed by atoms with van der Waals surface area (Å²) in [5, 5.41) is 0. The van der Waals surface area contributed by atoms with E-state index in [2.05, 4.69) is 10.8 Å². The highest BCUT2D eigenvalue weighted by Gasteiger charge is 2.28. The Kier molecular flexibility index (Phi) is 6.17. The number of rotatable bonds is 6. The van der Waals surface area contributed by atoms with Crippen LogP contribution in [0.25, 0.3) is 0 Å². The number of aryl methyl sites for hydroxylation is 2. The molecule has 0 saturated carbocycles. The van der Waals surface area contributed by atoms with Crippen molar-refractivity contribution in [3.05, 3.63) is 94.5 Å². The van der Waals surface area contributed by atoms with E-state index in [1.54, 1.807) is 23.1 Å². The van der Waals surface area contributed by atoms with Gasteiger partial charge in [0.25, 0.3) is 0 Å². The predicted molar refractivity (Wildman–Crippen MR) is 127 cm³/mol. The Morgan fingerprint density at radius 1 is 1.03 bits per heavy atom. The van der Waals surface area contributed by atoms with Gasteiger partial charge >= 0.3 is 0 Å². The normalized spacial score (nSPS) is 14.3. The number of hydrogen-bond acceptors (Lipinski definition) is 3. The Balaban J connectivity index is 1.70. The molecule has 6 heteroatoms. The van der Waals surface area contributed by atoms with Crippen molar-refractivity contribution in [3.63, 3.8) is 0 Å². The van der Waals surface area contributed by atoms with Gasteiger partial charge in [-0.1, -0.05) is 61.0 Å². The second-order valence-corrected chi connectivity index (χ2v) is 9.98. The van der Waals surface area contributed by atoms with Crippen LogP contribution in [0.15, 0.2) is 71.6 Å². The minimum atomic E-state index is -3.80. The fourth-order valence-electron chi connectivity index (χ4n) is 4.32. The molecular weight excluding hydrogens is 420 g/mol. The summed E-state index contributed by atoms with van der Waals surface area (Å²) in [7, 11) is -3.80. The highest BCUT2D eigenvalue weighted by molar-refractivity contribution is 7.89. The fourth-order valence-corrected chi connectivity index (χ4v) is 5.58. The fraction of sp³-hybridized carbons (Fsp3) is 0.269. The zero-order chi connectivity index (χ0) is 22.9. The minimum Gasteiger partial charge on any atom is -0.312 e. The first-order valence-corrected chi connectivity index (χ1v) is 12.4. The van der Waals surface area contributed by atoms with Gasteiger partial charge in [0.1, 0.15) is 0 Å². The standard InChI is InChI=1S/C26H28N2O3S/c1-4-25(29)28-15-14-21-17-22(11-13-24(21)28)32(30,31)27-26(20-8-6-5-7-9-20)23-12-10-18(2)16-19(23)3/h5-13,16-17,26-27H,4,14-15H2,1-3H3/t26-/m1/s1. The molecule has 1 heterocycles. The van der Waals surface area contributed by atoms with Gasteiger partial charge in [0.05, 0.1) is 10.9 Å². The lowest BCUT2D eigenvalue weighted by Crippen LogP contribution is -2.30. The molecule has 3 aromatic carbocycles. The van der Waals surface area contributed by atoms with Gasteiger partial charge in [-0.05, 0) is 60.7 Å². The van der Waals surface area contributed by atoms with E-state index in [1.807, 2.05) is 63.2 Å². The SMILES string of the molecule is CCC(=O)N1CCc2cc(S(=O)(=O)N[C@H](c3ccccc3)c3ccc(C)cc3C)ccc21. The van der Waals surface area contributed by atoms with Gasteiger partial charge < -0.3 is 4.90 Å². The molecule has 0 radical (unpaired) electrons. The molecule has 166 valence electrons. The van der Waals surface area contributed by atoms with E-state index in [-0.39, 0.29) is 10.8 Å². The van der Waals surface area contributed by atoms with Crippen molar-refractivity contribution in [3.8, 4) is 0 Å². The van der Waals surface area contributed by atoms with Crippen molar-refractivity contribution in [1.82, 2.24) is 4.72 Å². The third-order valence-corrected chi connectivity index (χ3v) is 7.42. The Labute approximate surface area is 190 Å². The van der Waals surface area contributed by atoms with Crippen molar-refractivity contribution in [2.24, 2.45) is 0 Å². The maximum atomic E-state index is 13.4. The highest BCUT2D eigenvalue weighted by Crippen LogP contribution is 2.32. The summed E-state index contributed by atoms with van der Waals surface area (Å²) < 4.78 is 29.8. The molecular formula is C26H28N2O3S. The molecule has 0 unspecified atom stereocenters. The molecule has 1 atom stereocenters. The number of carbonyl (C=O) groups is 1. The predicted octanol–water partition coefficient (Wildman–Crippen LogP) is 4.67. The number of fused-ring (bicyclic) bond motifs is 1. The number of carbonyl (C=O) groups excluding carboxylic acids is 1. The Morgan fingerprint density at radius 3 is 2.47 bits per heavy atom. The third kappa shape index (κ3) is 4.33. The van der Waals surface area contributed by atoms with Crippen molar-refractivity contribution < 1.29 is 13.2 Å². The largest absolute Gasteiger partial charge is 0.312 e. The lowest BCUT2D eigenvalue weighted by atomic mass is 9.95. The summed E-state index contributed by atoms with van der Waals surface area (Å²) in [6.07, 6.45) is 1.08. The van der Waals surface area contributed by atoms with Crippen LogP contribution in [0.4, 0.5) is 5.69 Å². The second kappa shape index (κ2) is 8.88. The maximum Gasteiger partial charge on any atom is 0.241 e. The Hall–Kier alpha value is -2.96. The molecule has 4 rings (SSSR count). The quantitative estimate of drug-likeness (QED) is 0.596. The molecule has 1 aliphatic rings. The topological polar surface area (TPSA) is 66.5 Å². The van der Waals surface area contributed by atoms with E-state index < -0.39 is 16.1 Å². The zero-order valence-corrected chi connectivity index (χ0v) is 19.4. The molecule has 0 saturated heterocycles. The van der Waals surface area contributed by atoms with Crippen LogP contribution in [0, 0.1) is 13.8 Å². The van der Waals surface area contributed by atoms with Gasteiger partial charge in [0.15, 0.2) is 0 Å². The van der Waals surface area contributed by atoms with E-state index in [0.717, 1.165) is 33.5 Å². The van der Waals surface area contributed by atoms with Gasteiger partial charge in [-0.2, -0.15) is 4.72 Å². The summed E-state index contributed by atoms with van der Waals surface area (Å²) in [5.41, 5.74) is 5.66. The van der Waals surface area contributed by atoms with Crippen molar-refractivity contribution >= 4 is 21.6 Å². The summed E-state index contributed by atoms with van der Waals surface area (Å²) >= 11 is 0. The number of amides is 1. The van der Waals surface area contributed by atoms with E-state index in [0.29, 0.717) is 19.4 Å². The Morgan fingerprint density at radius 2 is 1.78 bits per heavy atom. The highest BCUT2D eigenvalue weighted by atomic mass is 32.2. The van der Waals surface area contributed by atoms with Crippen LogP contribution in [0.3, 0.4) is 0 Å². The third-order valence-electron chi connectivity index (χ3n) is 6.00. The van der Waals surface area contributed by atoms with Gasteiger partial charge in [0, 0.05) is 18.7 Å². The molecule has 0 aromatic heterocycles. The number of nitrogens with zero attached hydrogens (tertiary/aromatic N) is 1. The monoisotopic (exact) mass is 448 g/mol. The van der Waals surface area contributed by atoms with Crippen molar-refractivity contribution in [1.29, 1.82) is 0 Å². The average Bonchev–Trinajstić information content (AvgIpc) is 3.21. The summed E-state index contributed by atoms with van der Waals surface area (Å²) in [6, 6.07) is 20.2. The van der Waals surface area contributed by atoms with E-state index in [9.17, 15) is 13.2 Å². The van der Waals surface area contributed by atoms with Gasteiger partial charge in [-0.3, -0.25) is 4.79 Å². The summed E-state index contributed by atoms with van der Waals surface area (Å²) in [6.45, 7) is 6.45. The van der Waals surface area contributed by atoms with Crippen LogP contribution >= 0.6 is 0 Å². The molecule has 1 N–H and O–H groups in total. The number of sulfonamides is 1. The lowest BCUT2D eigenvalue weighted by molar-refractivity contribution is -0.118. The number of anilines is 1. The van der Waals surface area contributed by atoms with Crippen LogP contribution < -0.4 is 9.62 Å². The van der Waals surface area contributed by atoms with Crippen molar-refractivity contribution in [2.45, 2.75) is 44.6 Å². The first kappa shape index (κ1) is 22.2. The molecule has 0 aliphatic carbocycles. The maximum absolute atomic E-state index is 13.4. The number of hydrogen-bond donors (Lipinski definition) is 1. The lowest BCUT2D eigenvalue weighted by Gasteiger charge is -2.22. The molecule has 1 aliphatic heterocycles. The zero-order valence-electron chi connectivity index (χ0n) is 18.6. The molecule has 0 spiro atoms. The number of nitrogens with one attached hydrogen (secondary N) is 1.